The third-order valence-electron chi connectivity index (χ3n) is 3.37. The van der Waals surface area contributed by atoms with Crippen LogP contribution in [-0.4, -0.2) is 14.0 Å². The number of imidazole rings is 1. The van der Waals surface area contributed by atoms with E-state index in [1.165, 1.54) is 0 Å². The van der Waals surface area contributed by atoms with Crippen LogP contribution in [0.25, 0.3) is 5.65 Å². The zero-order valence-electron chi connectivity index (χ0n) is 11.5. The summed E-state index contributed by atoms with van der Waals surface area (Å²) in [7, 11) is 1.74. The summed E-state index contributed by atoms with van der Waals surface area (Å²) in [6.45, 7) is 2.67. The van der Waals surface area contributed by atoms with Crippen molar-refractivity contribution in [2.75, 3.05) is 5.32 Å². The largest absolute Gasteiger partial charge is 0.378 e. The normalized spacial score (nSPS) is 10.9. The molecule has 1 N–H and O–H groups in total. The molecule has 0 fully saturated rings. The molecule has 0 saturated carbocycles. The first-order chi connectivity index (χ1) is 9.65. The maximum atomic E-state index is 11.4. The fraction of sp³-hybridized carbons (Fsp3) is 0.200. The number of hydrogen-bond donors (Lipinski definition) is 1. The molecule has 0 aliphatic rings. The fourth-order valence-electron chi connectivity index (χ4n) is 2.26. The summed E-state index contributed by atoms with van der Waals surface area (Å²) < 4.78 is 3.63. The minimum atomic E-state index is -0.0125. The second-order valence-electron chi connectivity index (χ2n) is 4.79. The van der Waals surface area contributed by atoms with E-state index in [1.54, 1.807) is 29.9 Å². The second kappa shape index (κ2) is 4.85. The van der Waals surface area contributed by atoms with Crippen LogP contribution in [0.1, 0.15) is 11.4 Å². The van der Waals surface area contributed by atoms with Gasteiger partial charge in [-0.25, -0.2) is 4.98 Å². The minimum absolute atomic E-state index is 0.0125. The van der Waals surface area contributed by atoms with Crippen molar-refractivity contribution < 1.29 is 0 Å². The van der Waals surface area contributed by atoms with Crippen LogP contribution in [-0.2, 0) is 13.6 Å². The summed E-state index contributed by atoms with van der Waals surface area (Å²) in [4.78, 5) is 15.9. The average molecular weight is 268 g/mol. The lowest BCUT2D eigenvalue weighted by Crippen LogP contribution is -2.15. The molecule has 5 nitrogen and oxygen atoms in total. The number of rotatable bonds is 3. The summed E-state index contributed by atoms with van der Waals surface area (Å²) >= 11 is 0. The van der Waals surface area contributed by atoms with Crippen molar-refractivity contribution in [3.63, 3.8) is 0 Å². The topological polar surface area (TPSA) is 51.3 Å². The standard InChI is InChI=1S/C15H16N4O/c1-11-13(19-8-4-3-5-14(19)17-11)9-16-12-6-7-15(20)18(2)10-12/h3-8,10,16H,9H2,1-2H3. The Morgan fingerprint density at radius 2 is 2.10 bits per heavy atom. The highest BCUT2D eigenvalue weighted by Crippen LogP contribution is 2.13. The Bertz CT molecular complexity index is 816. The third kappa shape index (κ3) is 2.18. The Kier molecular flexibility index (Phi) is 3.02. The molecule has 0 atom stereocenters. The predicted molar refractivity (Wildman–Crippen MR) is 78.9 cm³/mol. The number of aryl methyl sites for hydroxylation is 2. The Morgan fingerprint density at radius 1 is 1.25 bits per heavy atom. The van der Waals surface area contributed by atoms with Crippen LogP contribution in [0.2, 0.25) is 0 Å². The lowest BCUT2D eigenvalue weighted by molar-refractivity contribution is 0.857. The first-order valence-corrected chi connectivity index (χ1v) is 6.48. The van der Waals surface area contributed by atoms with Gasteiger partial charge in [0.1, 0.15) is 5.65 Å². The first-order valence-electron chi connectivity index (χ1n) is 6.48. The van der Waals surface area contributed by atoms with Gasteiger partial charge in [-0.3, -0.25) is 4.79 Å². The molecule has 20 heavy (non-hydrogen) atoms. The van der Waals surface area contributed by atoms with E-state index >= 15 is 0 Å². The van der Waals surface area contributed by atoms with Gasteiger partial charge in [0.25, 0.3) is 0 Å². The Hall–Kier alpha value is -2.56. The van der Waals surface area contributed by atoms with Gasteiger partial charge in [0, 0.05) is 25.5 Å². The molecule has 0 saturated heterocycles. The summed E-state index contributed by atoms with van der Waals surface area (Å²) in [5.41, 5.74) is 3.98. The molecule has 5 heteroatoms. The molecule has 0 spiro atoms. The van der Waals surface area contributed by atoms with Gasteiger partial charge in [-0.05, 0) is 25.1 Å². The highest BCUT2D eigenvalue weighted by Gasteiger charge is 2.07. The average Bonchev–Trinajstić information content (AvgIpc) is 2.76. The maximum Gasteiger partial charge on any atom is 0.250 e. The van der Waals surface area contributed by atoms with Gasteiger partial charge in [-0.2, -0.15) is 0 Å². The SMILES string of the molecule is Cc1nc2ccccn2c1CNc1ccc(=O)n(C)c1. The van der Waals surface area contributed by atoms with E-state index in [9.17, 15) is 4.79 Å². The molecule has 0 amide bonds. The van der Waals surface area contributed by atoms with E-state index in [-0.39, 0.29) is 5.56 Å². The Morgan fingerprint density at radius 3 is 2.90 bits per heavy atom. The van der Waals surface area contributed by atoms with Gasteiger partial charge in [0.2, 0.25) is 5.56 Å². The van der Waals surface area contributed by atoms with Gasteiger partial charge in [-0.15, -0.1) is 0 Å². The van der Waals surface area contributed by atoms with Crippen LogP contribution in [0.4, 0.5) is 5.69 Å². The van der Waals surface area contributed by atoms with Gasteiger partial charge >= 0.3 is 0 Å². The molecular weight excluding hydrogens is 252 g/mol. The lowest BCUT2D eigenvalue weighted by atomic mass is 10.3. The lowest BCUT2D eigenvalue weighted by Gasteiger charge is -2.08. The number of aromatic nitrogens is 3. The van der Waals surface area contributed by atoms with Crippen LogP contribution >= 0.6 is 0 Å². The summed E-state index contributed by atoms with van der Waals surface area (Å²) in [5.74, 6) is 0. The quantitative estimate of drug-likeness (QED) is 0.790. The minimum Gasteiger partial charge on any atom is -0.378 e. The zero-order valence-corrected chi connectivity index (χ0v) is 11.5. The Labute approximate surface area is 116 Å². The van der Waals surface area contributed by atoms with Crippen molar-refractivity contribution >= 4 is 11.3 Å². The smallest absolute Gasteiger partial charge is 0.250 e. The summed E-state index contributed by atoms with van der Waals surface area (Å²) in [6, 6.07) is 9.31. The van der Waals surface area contributed by atoms with Crippen LogP contribution in [0.15, 0.2) is 47.5 Å². The van der Waals surface area contributed by atoms with E-state index in [0.29, 0.717) is 6.54 Å². The van der Waals surface area contributed by atoms with Crippen molar-refractivity contribution in [3.05, 3.63) is 64.5 Å². The zero-order chi connectivity index (χ0) is 14.1. The van der Waals surface area contributed by atoms with Crippen molar-refractivity contribution in [2.45, 2.75) is 13.5 Å². The molecule has 0 radical (unpaired) electrons. The van der Waals surface area contributed by atoms with Crippen molar-refractivity contribution in [3.8, 4) is 0 Å². The monoisotopic (exact) mass is 268 g/mol. The maximum absolute atomic E-state index is 11.4. The summed E-state index contributed by atoms with van der Waals surface area (Å²) in [5, 5.41) is 3.33. The molecule has 0 aromatic carbocycles. The Balaban J connectivity index is 1.88. The van der Waals surface area contributed by atoms with Crippen LogP contribution < -0.4 is 10.9 Å². The predicted octanol–water partition coefficient (Wildman–Crippen LogP) is 1.95. The molecule has 3 aromatic heterocycles. The van der Waals surface area contributed by atoms with E-state index in [0.717, 1.165) is 22.7 Å². The van der Waals surface area contributed by atoms with Gasteiger partial charge in [-0.1, -0.05) is 6.07 Å². The van der Waals surface area contributed by atoms with Gasteiger partial charge in [0.15, 0.2) is 0 Å². The molecule has 0 aliphatic heterocycles. The number of nitrogens with zero attached hydrogens (tertiary/aromatic N) is 3. The molecule has 102 valence electrons. The van der Waals surface area contributed by atoms with Crippen molar-refractivity contribution in [1.82, 2.24) is 14.0 Å². The second-order valence-corrected chi connectivity index (χ2v) is 4.79. The molecule has 0 aliphatic carbocycles. The van der Waals surface area contributed by atoms with Gasteiger partial charge in [0.05, 0.1) is 23.6 Å². The number of pyridine rings is 2. The molecular formula is C15H16N4O. The molecule has 3 aromatic rings. The fourth-order valence-corrected chi connectivity index (χ4v) is 2.26. The summed E-state index contributed by atoms with van der Waals surface area (Å²) in [6.07, 6.45) is 3.80. The number of nitrogens with one attached hydrogen (secondary N) is 1. The van der Waals surface area contributed by atoms with E-state index in [1.807, 2.05) is 31.3 Å². The van der Waals surface area contributed by atoms with Crippen LogP contribution in [0.3, 0.4) is 0 Å². The van der Waals surface area contributed by atoms with Crippen LogP contribution in [0, 0.1) is 6.92 Å². The highest BCUT2D eigenvalue weighted by molar-refractivity contribution is 5.45. The van der Waals surface area contributed by atoms with Crippen LogP contribution in [0.5, 0.6) is 0 Å². The number of anilines is 1. The number of hydrogen-bond acceptors (Lipinski definition) is 3. The first kappa shape index (κ1) is 12.5. The van der Waals surface area contributed by atoms with E-state index in [2.05, 4.69) is 14.7 Å². The molecule has 3 rings (SSSR count). The van der Waals surface area contributed by atoms with E-state index in [4.69, 9.17) is 0 Å². The molecule has 0 bridgehead atoms. The number of fused-ring (bicyclic) bond motifs is 1. The molecule has 0 unspecified atom stereocenters. The highest BCUT2D eigenvalue weighted by atomic mass is 16.1. The van der Waals surface area contributed by atoms with Crippen molar-refractivity contribution in [2.24, 2.45) is 7.05 Å². The molecule has 3 heterocycles. The van der Waals surface area contributed by atoms with Crippen molar-refractivity contribution in [1.29, 1.82) is 0 Å². The van der Waals surface area contributed by atoms with Gasteiger partial charge < -0.3 is 14.3 Å². The third-order valence-corrected chi connectivity index (χ3v) is 3.37. The van der Waals surface area contributed by atoms with E-state index < -0.39 is 0 Å².